The Morgan fingerprint density at radius 2 is 1.96 bits per heavy atom. The van der Waals surface area contributed by atoms with Gasteiger partial charge < -0.3 is 0 Å². The van der Waals surface area contributed by atoms with Crippen LogP contribution in [0.1, 0.15) is 0 Å². The zero-order valence-electron chi connectivity index (χ0n) is 11.7. The Hall–Kier alpha value is -3.13. The topological polar surface area (TPSA) is 86.2 Å². The lowest BCUT2D eigenvalue weighted by Gasteiger charge is -2.03. The van der Waals surface area contributed by atoms with Crippen LogP contribution in [0.3, 0.4) is 0 Å². The van der Waals surface area contributed by atoms with Gasteiger partial charge in [-0.25, -0.2) is 4.98 Å². The molecule has 112 valence electrons. The molecule has 0 aliphatic carbocycles. The number of rotatable bonds is 3. The molecule has 0 bridgehead atoms. The Morgan fingerprint density at radius 3 is 2.65 bits per heavy atom. The number of nitro groups is 1. The van der Waals surface area contributed by atoms with Crippen molar-refractivity contribution in [1.29, 1.82) is 0 Å². The average Bonchev–Trinajstić information content (AvgIpc) is 3.23. The molecular weight excluding hydrogens is 314 g/mol. The van der Waals surface area contributed by atoms with Gasteiger partial charge in [0, 0.05) is 23.9 Å². The third-order valence-corrected chi connectivity index (χ3v) is 4.22. The third-order valence-electron chi connectivity index (χ3n) is 3.36. The molecule has 8 heteroatoms. The summed E-state index contributed by atoms with van der Waals surface area (Å²) in [6.07, 6.45) is 1.65. The number of nitro benzene ring substituents is 1. The highest BCUT2D eigenvalue weighted by atomic mass is 32.1. The molecule has 0 fully saturated rings. The van der Waals surface area contributed by atoms with Gasteiger partial charge in [0.05, 0.1) is 15.5 Å². The second-order valence-electron chi connectivity index (χ2n) is 4.76. The van der Waals surface area contributed by atoms with Crippen LogP contribution in [0.4, 0.5) is 5.69 Å². The monoisotopic (exact) mass is 323 g/mol. The minimum absolute atomic E-state index is 0.0527. The van der Waals surface area contributed by atoms with E-state index < -0.39 is 4.92 Å². The number of fused-ring (bicyclic) bond motifs is 1. The summed E-state index contributed by atoms with van der Waals surface area (Å²) >= 11 is 1.56. The second-order valence-corrected chi connectivity index (χ2v) is 5.71. The van der Waals surface area contributed by atoms with Crippen molar-refractivity contribution in [3.63, 3.8) is 0 Å². The van der Waals surface area contributed by atoms with E-state index in [-0.39, 0.29) is 5.69 Å². The smallest absolute Gasteiger partial charge is 0.258 e. The van der Waals surface area contributed by atoms with Crippen LogP contribution in [-0.2, 0) is 0 Å². The van der Waals surface area contributed by atoms with Crippen LogP contribution < -0.4 is 0 Å². The molecule has 4 aromatic rings. The summed E-state index contributed by atoms with van der Waals surface area (Å²) in [6.45, 7) is 0. The molecule has 0 saturated carbocycles. The Morgan fingerprint density at radius 1 is 1.13 bits per heavy atom. The van der Waals surface area contributed by atoms with Crippen LogP contribution in [0.5, 0.6) is 0 Å². The van der Waals surface area contributed by atoms with E-state index in [9.17, 15) is 10.1 Å². The first-order valence-corrected chi connectivity index (χ1v) is 7.61. The Kier molecular flexibility index (Phi) is 3.09. The normalized spacial score (nSPS) is 11.0. The van der Waals surface area contributed by atoms with Crippen molar-refractivity contribution in [3.05, 3.63) is 64.2 Å². The maximum Gasteiger partial charge on any atom is 0.269 e. The van der Waals surface area contributed by atoms with Gasteiger partial charge >= 0.3 is 0 Å². The molecule has 0 atom stereocenters. The van der Waals surface area contributed by atoms with E-state index in [0.29, 0.717) is 11.6 Å². The Balaban J connectivity index is 1.85. The van der Waals surface area contributed by atoms with Gasteiger partial charge in [0.25, 0.3) is 11.5 Å². The van der Waals surface area contributed by atoms with Gasteiger partial charge in [-0.3, -0.25) is 10.1 Å². The Labute approximate surface area is 134 Å². The highest BCUT2D eigenvalue weighted by Crippen LogP contribution is 2.25. The van der Waals surface area contributed by atoms with E-state index >= 15 is 0 Å². The van der Waals surface area contributed by atoms with Gasteiger partial charge in [0.2, 0.25) is 0 Å². The SMILES string of the molecule is O=[N+]([O-])c1ccc(-c2ccnc3nc(-c4cccs4)nn23)cc1. The molecule has 3 aromatic heterocycles. The number of thiophene rings is 1. The van der Waals surface area contributed by atoms with Crippen LogP contribution in [0.15, 0.2) is 54.0 Å². The standard InChI is InChI=1S/C15H9N5O2S/c21-20(22)11-5-3-10(4-6-11)12-7-8-16-15-17-14(18-19(12)15)13-2-1-9-23-13/h1-9H. The molecule has 0 N–H and O–H groups in total. The number of nitrogens with zero attached hydrogens (tertiary/aromatic N) is 5. The number of benzene rings is 1. The highest BCUT2D eigenvalue weighted by Gasteiger charge is 2.13. The highest BCUT2D eigenvalue weighted by molar-refractivity contribution is 7.13. The van der Waals surface area contributed by atoms with E-state index in [1.165, 1.54) is 12.1 Å². The van der Waals surface area contributed by atoms with E-state index in [1.807, 2.05) is 17.5 Å². The quantitative estimate of drug-likeness (QED) is 0.426. The van der Waals surface area contributed by atoms with E-state index in [4.69, 9.17) is 0 Å². The van der Waals surface area contributed by atoms with Gasteiger partial charge in [-0.05, 0) is 29.6 Å². The first kappa shape index (κ1) is 13.5. The van der Waals surface area contributed by atoms with Crippen molar-refractivity contribution in [3.8, 4) is 22.0 Å². The van der Waals surface area contributed by atoms with Crippen LogP contribution in [0.25, 0.3) is 27.7 Å². The molecule has 7 nitrogen and oxygen atoms in total. The van der Waals surface area contributed by atoms with E-state index in [1.54, 1.807) is 40.2 Å². The molecule has 0 aliphatic heterocycles. The fraction of sp³-hybridized carbons (Fsp3) is 0. The summed E-state index contributed by atoms with van der Waals surface area (Å²) in [5.41, 5.74) is 1.64. The summed E-state index contributed by atoms with van der Waals surface area (Å²) in [5.74, 6) is 1.10. The Bertz CT molecular complexity index is 993. The molecule has 0 saturated heterocycles. The zero-order chi connectivity index (χ0) is 15.8. The van der Waals surface area contributed by atoms with Gasteiger partial charge in [0.1, 0.15) is 0 Å². The number of hydrogen-bond acceptors (Lipinski definition) is 6. The predicted octanol–water partition coefficient (Wildman–Crippen LogP) is 3.43. The minimum atomic E-state index is -0.420. The molecule has 0 amide bonds. The summed E-state index contributed by atoms with van der Waals surface area (Å²) < 4.78 is 1.65. The lowest BCUT2D eigenvalue weighted by atomic mass is 10.1. The fourth-order valence-electron chi connectivity index (χ4n) is 2.28. The minimum Gasteiger partial charge on any atom is -0.258 e. The van der Waals surface area contributed by atoms with Crippen LogP contribution >= 0.6 is 11.3 Å². The molecule has 0 unspecified atom stereocenters. The van der Waals surface area contributed by atoms with Gasteiger partial charge in [-0.2, -0.15) is 9.50 Å². The summed E-state index contributed by atoms with van der Waals surface area (Å²) in [7, 11) is 0. The summed E-state index contributed by atoms with van der Waals surface area (Å²) in [4.78, 5) is 20.0. The first-order valence-electron chi connectivity index (χ1n) is 6.73. The molecular formula is C15H9N5O2S. The summed E-state index contributed by atoms with van der Waals surface area (Å²) in [6, 6.07) is 12.0. The van der Waals surface area contributed by atoms with E-state index in [0.717, 1.165) is 16.1 Å². The lowest BCUT2D eigenvalue weighted by Crippen LogP contribution is -1.96. The van der Waals surface area contributed by atoms with Crippen molar-refractivity contribution in [2.75, 3.05) is 0 Å². The third kappa shape index (κ3) is 2.34. The molecule has 0 aliphatic rings. The van der Waals surface area contributed by atoms with Gasteiger partial charge in [-0.1, -0.05) is 6.07 Å². The van der Waals surface area contributed by atoms with Crippen LogP contribution in [0.2, 0.25) is 0 Å². The molecule has 3 heterocycles. The molecule has 4 rings (SSSR count). The number of hydrogen-bond donors (Lipinski definition) is 0. The first-order chi connectivity index (χ1) is 11.2. The number of aromatic nitrogens is 4. The molecule has 0 radical (unpaired) electrons. The van der Waals surface area contributed by atoms with Crippen LogP contribution in [0, 0.1) is 10.1 Å². The number of non-ortho nitro benzene ring substituents is 1. The summed E-state index contributed by atoms with van der Waals surface area (Å²) in [5, 5.41) is 17.2. The van der Waals surface area contributed by atoms with Crippen LogP contribution in [-0.4, -0.2) is 24.5 Å². The molecule has 0 spiro atoms. The van der Waals surface area contributed by atoms with E-state index in [2.05, 4.69) is 15.1 Å². The average molecular weight is 323 g/mol. The largest absolute Gasteiger partial charge is 0.269 e. The maximum atomic E-state index is 10.8. The zero-order valence-corrected chi connectivity index (χ0v) is 12.5. The van der Waals surface area contributed by atoms with Crippen molar-refractivity contribution in [1.82, 2.24) is 19.6 Å². The lowest BCUT2D eigenvalue weighted by molar-refractivity contribution is -0.384. The van der Waals surface area contributed by atoms with Gasteiger partial charge in [0.15, 0.2) is 5.82 Å². The van der Waals surface area contributed by atoms with Crippen molar-refractivity contribution < 1.29 is 4.92 Å². The second kappa shape index (κ2) is 5.25. The predicted molar refractivity (Wildman–Crippen MR) is 86.2 cm³/mol. The molecule has 1 aromatic carbocycles. The fourth-order valence-corrected chi connectivity index (χ4v) is 2.93. The van der Waals surface area contributed by atoms with Gasteiger partial charge in [-0.15, -0.1) is 16.4 Å². The van der Waals surface area contributed by atoms with Crippen molar-refractivity contribution in [2.24, 2.45) is 0 Å². The van der Waals surface area contributed by atoms with Crippen molar-refractivity contribution in [2.45, 2.75) is 0 Å². The maximum absolute atomic E-state index is 10.8. The van der Waals surface area contributed by atoms with Crippen molar-refractivity contribution >= 4 is 22.8 Å². The molecule has 23 heavy (non-hydrogen) atoms.